The normalized spacial score (nSPS) is 19.1. The zero-order valence-electron chi connectivity index (χ0n) is 19.6. The molecule has 3 rings (SSSR count). The fraction of sp³-hybridized carbons (Fsp3) is 0.458. The molecule has 9 nitrogen and oxygen atoms in total. The minimum atomic E-state index is -0.749. The first-order valence-electron chi connectivity index (χ1n) is 11.2. The smallest absolute Gasteiger partial charge is 0.338 e. The number of carbonyl (C=O) groups excluding carboxylic acids is 3. The molecule has 0 bridgehead atoms. The molecule has 0 aliphatic carbocycles. The fourth-order valence-corrected chi connectivity index (χ4v) is 4.41. The molecule has 1 aromatic rings. The molecule has 1 fully saturated rings. The summed E-state index contributed by atoms with van der Waals surface area (Å²) in [4.78, 5) is 43.8. The van der Waals surface area contributed by atoms with Crippen LogP contribution in [0, 0.1) is 0 Å². The lowest BCUT2D eigenvalue weighted by Gasteiger charge is -2.40. The van der Waals surface area contributed by atoms with Gasteiger partial charge in [0.1, 0.15) is 6.61 Å². The van der Waals surface area contributed by atoms with Crippen molar-refractivity contribution in [3.63, 3.8) is 0 Å². The van der Waals surface area contributed by atoms with Crippen molar-refractivity contribution in [1.29, 1.82) is 0 Å². The molecule has 34 heavy (non-hydrogen) atoms. The van der Waals surface area contributed by atoms with Crippen LogP contribution in [0.5, 0.6) is 0 Å². The number of methoxy groups -OCH3 is 1. The van der Waals surface area contributed by atoms with Crippen LogP contribution in [-0.2, 0) is 19.1 Å². The largest absolute Gasteiger partial charge is 0.463 e. The first kappa shape index (κ1) is 25.7. The lowest BCUT2D eigenvalue weighted by Crippen LogP contribution is -2.54. The van der Waals surface area contributed by atoms with E-state index in [0.29, 0.717) is 54.6 Å². The SMILES string of the molecule is C=CCN1C(=O)NC(c2ccccc2Cl)C(C(=O)OCC)=C1CN1CCN(C(=O)COC)CC1. The molecule has 10 heteroatoms. The molecule has 0 radical (unpaired) electrons. The van der Waals surface area contributed by atoms with Crippen molar-refractivity contribution in [3.8, 4) is 0 Å². The van der Waals surface area contributed by atoms with Crippen molar-refractivity contribution >= 4 is 29.5 Å². The van der Waals surface area contributed by atoms with Gasteiger partial charge in [-0.3, -0.25) is 14.6 Å². The van der Waals surface area contributed by atoms with Crippen molar-refractivity contribution in [2.75, 3.05) is 59.6 Å². The summed E-state index contributed by atoms with van der Waals surface area (Å²) in [7, 11) is 1.50. The number of amides is 3. The number of ether oxygens (including phenoxy) is 2. The van der Waals surface area contributed by atoms with Gasteiger partial charge in [0.15, 0.2) is 0 Å². The molecule has 2 aliphatic rings. The maximum atomic E-state index is 13.2. The summed E-state index contributed by atoms with van der Waals surface area (Å²) in [5, 5.41) is 3.35. The first-order chi connectivity index (χ1) is 16.4. The third-order valence-electron chi connectivity index (χ3n) is 5.83. The number of rotatable bonds is 9. The van der Waals surface area contributed by atoms with Crippen molar-refractivity contribution in [2.24, 2.45) is 0 Å². The summed E-state index contributed by atoms with van der Waals surface area (Å²) in [6.07, 6.45) is 1.61. The van der Waals surface area contributed by atoms with E-state index in [1.165, 1.54) is 12.0 Å². The van der Waals surface area contributed by atoms with Crippen molar-refractivity contribution < 1.29 is 23.9 Å². The van der Waals surface area contributed by atoms with E-state index in [2.05, 4.69) is 16.8 Å². The fourth-order valence-electron chi connectivity index (χ4n) is 4.17. The van der Waals surface area contributed by atoms with Gasteiger partial charge >= 0.3 is 12.0 Å². The summed E-state index contributed by atoms with van der Waals surface area (Å²) < 4.78 is 10.4. The van der Waals surface area contributed by atoms with Gasteiger partial charge in [0.25, 0.3) is 0 Å². The van der Waals surface area contributed by atoms with E-state index >= 15 is 0 Å². The number of urea groups is 1. The second kappa shape index (κ2) is 12.0. The molecule has 1 atom stereocenters. The Balaban J connectivity index is 1.97. The molecule has 0 saturated carbocycles. The van der Waals surface area contributed by atoms with Crippen LogP contribution in [0.1, 0.15) is 18.5 Å². The predicted octanol–water partition coefficient (Wildman–Crippen LogP) is 2.20. The predicted molar refractivity (Wildman–Crippen MR) is 128 cm³/mol. The van der Waals surface area contributed by atoms with Crippen molar-refractivity contribution in [1.82, 2.24) is 20.0 Å². The van der Waals surface area contributed by atoms with E-state index in [4.69, 9.17) is 21.1 Å². The Labute approximate surface area is 204 Å². The van der Waals surface area contributed by atoms with Crippen LogP contribution in [0.3, 0.4) is 0 Å². The first-order valence-corrected chi connectivity index (χ1v) is 11.6. The number of hydrogen-bond donors (Lipinski definition) is 1. The zero-order chi connectivity index (χ0) is 24.7. The third kappa shape index (κ3) is 5.78. The molecule has 1 aromatic carbocycles. The standard InChI is InChI=1S/C24H31ClN4O5/c1-4-10-29-19(15-27-11-13-28(14-12-27)20(30)16-33-3)21(23(31)34-5-2)22(26-24(29)32)17-8-6-7-9-18(17)25/h4,6-9,22H,1,5,10-16H2,2-3H3,(H,26,32). The van der Waals surface area contributed by atoms with Gasteiger partial charge in [-0.05, 0) is 18.6 Å². The molecule has 2 heterocycles. The highest BCUT2D eigenvalue weighted by molar-refractivity contribution is 6.31. The maximum absolute atomic E-state index is 13.2. The molecule has 0 aromatic heterocycles. The second-order valence-corrected chi connectivity index (χ2v) is 8.38. The quantitative estimate of drug-likeness (QED) is 0.421. The third-order valence-corrected chi connectivity index (χ3v) is 6.17. The van der Waals surface area contributed by atoms with Crippen LogP contribution in [0.25, 0.3) is 0 Å². The number of carbonyl (C=O) groups is 3. The van der Waals surface area contributed by atoms with Crippen molar-refractivity contribution in [2.45, 2.75) is 13.0 Å². The van der Waals surface area contributed by atoms with Gasteiger partial charge in [-0.15, -0.1) is 6.58 Å². The summed E-state index contributed by atoms with van der Waals surface area (Å²) >= 11 is 6.45. The number of nitrogens with one attached hydrogen (secondary N) is 1. The van der Waals surface area contributed by atoms with Crippen LogP contribution < -0.4 is 5.32 Å². The van der Waals surface area contributed by atoms with Crippen LogP contribution in [0.15, 0.2) is 48.2 Å². The van der Waals surface area contributed by atoms with E-state index in [0.717, 1.165) is 0 Å². The highest BCUT2D eigenvalue weighted by Crippen LogP contribution is 2.35. The van der Waals surface area contributed by atoms with Crippen molar-refractivity contribution in [3.05, 3.63) is 58.8 Å². The Kier molecular flexibility index (Phi) is 9.09. The number of esters is 1. The Morgan fingerprint density at radius 1 is 1.24 bits per heavy atom. The molecule has 1 saturated heterocycles. The van der Waals surface area contributed by atoms with Gasteiger partial charge in [-0.2, -0.15) is 0 Å². The number of piperazine rings is 1. The average molecular weight is 491 g/mol. The number of hydrogen-bond acceptors (Lipinski definition) is 6. The van der Waals surface area contributed by atoms with Gasteiger partial charge in [-0.1, -0.05) is 35.9 Å². The lowest BCUT2D eigenvalue weighted by molar-refractivity contribution is -0.139. The van der Waals surface area contributed by atoms with E-state index in [-0.39, 0.29) is 31.7 Å². The second-order valence-electron chi connectivity index (χ2n) is 7.97. The number of halogens is 1. The Hall–Kier alpha value is -2.88. The summed E-state index contributed by atoms with van der Waals surface area (Å²) in [5.74, 6) is -0.567. The molecule has 1 unspecified atom stereocenters. The average Bonchev–Trinajstić information content (AvgIpc) is 2.82. The lowest BCUT2D eigenvalue weighted by atomic mass is 9.94. The Bertz CT molecular complexity index is 958. The van der Waals surface area contributed by atoms with Gasteiger partial charge in [-0.25, -0.2) is 9.59 Å². The van der Waals surface area contributed by atoms with Gasteiger partial charge in [0.2, 0.25) is 5.91 Å². The monoisotopic (exact) mass is 490 g/mol. The molecule has 1 N–H and O–H groups in total. The minimum Gasteiger partial charge on any atom is -0.463 e. The molecule has 184 valence electrons. The molecule has 0 spiro atoms. The van der Waals surface area contributed by atoms with Crippen LogP contribution in [-0.4, -0.2) is 92.2 Å². The summed E-state index contributed by atoms with van der Waals surface area (Å²) in [6, 6.07) is 6.01. The minimum absolute atomic E-state index is 0.0466. The van der Waals surface area contributed by atoms with Gasteiger partial charge in [0.05, 0.1) is 18.2 Å². The van der Waals surface area contributed by atoms with E-state index < -0.39 is 12.0 Å². The molecular formula is C24H31ClN4O5. The van der Waals surface area contributed by atoms with Crippen LogP contribution in [0.4, 0.5) is 4.79 Å². The molecule has 2 aliphatic heterocycles. The highest BCUT2D eigenvalue weighted by atomic mass is 35.5. The zero-order valence-corrected chi connectivity index (χ0v) is 20.3. The molecular weight excluding hydrogens is 460 g/mol. The summed E-state index contributed by atoms with van der Waals surface area (Å²) in [6.45, 7) is 8.56. The Morgan fingerprint density at radius 3 is 2.56 bits per heavy atom. The Morgan fingerprint density at radius 2 is 1.94 bits per heavy atom. The molecule has 3 amide bonds. The number of benzene rings is 1. The van der Waals surface area contributed by atoms with Gasteiger partial charge in [0, 0.05) is 57.1 Å². The van der Waals surface area contributed by atoms with Gasteiger partial charge < -0.3 is 19.7 Å². The maximum Gasteiger partial charge on any atom is 0.338 e. The topological polar surface area (TPSA) is 91.4 Å². The number of nitrogens with zero attached hydrogens (tertiary/aromatic N) is 3. The van der Waals surface area contributed by atoms with E-state index in [1.54, 1.807) is 36.1 Å². The van der Waals surface area contributed by atoms with E-state index in [9.17, 15) is 14.4 Å². The highest BCUT2D eigenvalue weighted by Gasteiger charge is 2.39. The van der Waals surface area contributed by atoms with E-state index in [1.807, 2.05) is 6.07 Å². The summed E-state index contributed by atoms with van der Waals surface area (Å²) in [5.41, 5.74) is 1.50. The van der Waals surface area contributed by atoms with Crippen LogP contribution in [0.2, 0.25) is 5.02 Å². The van der Waals surface area contributed by atoms with Crippen LogP contribution >= 0.6 is 11.6 Å².